The second-order valence-corrected chi connectivity index (χ2v) is 5.69. The number of ether oxygens (including phenoxy) is 2. The molecule has 1 aliphatic heterocycles. The molecule has 0 bridgehead atoms. The monoisotopic (exact) mass is 341 g/mol. The third kappa shape index (κ3) is 3.96. The lowest BCUT2D eigenvalue weighted by atomic mass is 10.1. The first-order valence-corrected chi connectivity index (χ1v) is 7.86. The maximum absolute atomic E-state index is 12.4. The molecular weight excluding hydrogens is 322 g/mol. The van der Waals surface area contributed by atoms with Crippen LogP contribution in [0.1, 0.15) is 12.5 Å². The van der Waals surface area contributed by atoms with E-state index in [0.717, 1.165) is 16.6 Å². The number of methoxy groups -OCH3 is 1. The van der Waals surface area contributed by atoms with Crippen LogP contribution in [-0.4, -0.2) is 48.5 Å². The zero-order valence-corrected chi connectivity index (χ0v) is 13.4. The van der Waals surface area contributed by atoms with Gasteiger partial charge in [0.15, 0.2) is 0 Å². The van der Waals surface area contributed by atoms with Gasteiger partial charge in [-0.2, -0.15) is 0 Å². The van der Waals surface area contributed by atoms with Crippen LogP contribution in [0.25, 0.3) is 0 Å². The number of carbonyl (C=O) groups is 1. The Morgan fingerprint density at radius 2 is 2.10 bits per heavy atom. The molecule has 0 aromatic heterocycles. The number of nitrogens with zero attached hydrogens (tertiary/aromatic N) is 1. The lowest BCUT2D eigenvalue weighted by molar-refractivity contribution is -0.142. The van der Waals surface area contributed by atoms with Crippen molar-refractivity contribution in [3.05, 3.63) is 29.8 Å². The average Bonchev–Trinajstić information content (AvgIpc) is 2.47. The minimum atomic E-state index is 0.0820. The zero-order chi connectivity index (χ0) is 14.5. The third-order valence-corrected chi connectivity index (χ3v) is 4.09. The van der Waals surface area contributed by atoms with Gasteiger partial charge in [0.05, 0.1) is 25.7 Å². The molecule has 5 heteroatoms. The first-order chi connectivity index (χ1) is 9.62. The predicted octanol–water partition coefficient (Wildman–Crippen LogP) is 2.25. The Morgan fingerprint density at radius 1 is 1.40 bits per heavy atom. The van der Waals surface area contributed by atoms with E-state index in [9.17, 15) is 4.79 Å². The topological polar surface area (TPSA) is 38.8 Å². The molecule has 2 rings (SSSR count). The molecule has 0 N–H and O–H groups in total. The molecule has 1 heterocycles. The fourth-order valence-corrected chi connectivity index (χ4v) is 2.72. The maximum Gasteiger partial charge on any atom is 0.227 e. The van der Waals surface area contributed by atoms with Crippen LogP contribution in [0, 0.1) is 0 Å². The second-order valence-electron chi connectivity index (χ2n) is 5.05. The molecule has 0 aliphatic carbocycles. The minimum Gasteiger partial charge on any atom is -0.497 e. The molecule has 0 saturated carbocycles. The van der Waals surface area contributed by atoms with Gasteiger partial charge < -0.3 is 14.4 Å². The van der Waals surface area contributed by atoms with Crippen LogP contribution in [0.15, 0.2) is 24.3 Å². The third-order valence-electron chi connectivity index (χ3n) is 3.37. The Labute approximate surface area is 128 Å². The molecule has 1 aromatic rings. The molecule has 2 atom stereocenters. The van der Waals surface area contributed by atoms with Gasteiger partial charge in [0.2, 0.25) is 5.91 Å². The van der Waals surface area contributed by atoms with Crippen molar-refractivity contribution >= 4 is 21.8 Å². The fourth-order valence-electron chi connectivity index (χ4n) is 2.36. The molecule has 1 fully saturated rings. The van der Waals surface area contributed by atoms with Gasteiger partial charge in [0.25, 0.3) is 0 Å². The first-order valence-electron chi connectivity index (χ1n) is 6.74. The molecule has 20 heavy (non-hydrogen) atoms. The number of hydrogen-bond donors (Lipinski definition) is 0. The number of alkyl halides is 1. The van der Waals surface area contributed by atoms with Crippen molar-refractivity contribution in [3.8, 4) is 5.75 Å². The van der Waals surface area contributed by atoms with Gasteiger partial charge in [0.1, 0.15) is 5.75 Å². The van der Waals surface area contributed by atoms with E-state index in [1.807, 2.05) is 36.1 Å². The van der Waals surface area contributed by atoms with Gasteiger partial charge in [-0.25, -0.2) is 0 Å². The molecule has 4 nitrogen and oxygen atoms in total. The van der Waals surface area contributed by atoms with E-state index < -0.39 is 0 Å². The van der Waals surface area contributed by atoms with Crippen LogP contribution in [0.5, 0.6) is 5.75 Å². The molecule has 1 aromatic carbocycles. The van der Waals surface area contributed by atoms with Gasteiger partial charge >= 0.3 is 0 Å². The number of benzene rings is 1. The van der Waals surface area contributed by atoms with Crippen LogP contribution < -0.4 is 4.74 Å². The molecule has 1 aliphatic rings. The van der Waals surface area contributed by atoms with Crippen LogP contribution in [0.4, 0.5) is 0 Å². The summed E-state index contributed by atoms with van der Waals surface area (Å²) in [5.74, 6) is 0.955. The highest BCUT2D eigenvalue weighted by molar-refractivity contribution is 9.09. The zero-order valence-electron chi connectivity index (χ0n) is 11.8. The molecular formula is C15H20BrNO3. The van der Waals surface area contributed by atoms with Crippen molar-refractivity contribution in [2.75, 3.05) is 25.5 Å². The van der Waals surface area contributed by atoms with E-state index >= 15 is 0 Å². The summed E-state index contributed by atoms with van der Waals surface area (Å²) in [5.41, 5.74) is 1.00. The van der Waals surface area contributed by atoms with Crippen molar-refractivity contribution in [1.29, 1.82) is 0 Å². The van der Waals surface area contributed by atoms with E-state index in [4.69, 9.17) is 9.47 Å². The highest BCUT2D eigenvalue weighted by Gasteiger charge is 2.27. The van der Waals surface area contributed by atoms with Gasteiger partial charge in [-0.1, -0.05) is 28.1 Å². The second kappa shape index (κ2) is 7.09. The van der Waals surface area contributed by atoms with E-state index in [1.165, 1.54) is 0 Å². The summed E-state index contributed by atoms with van der Waals surface area (Å²) in [4.78, 5) is 14.2. The van der Waals surface area contributed by atoms with Crippen LogP contribution in [0.2, 0.25) is 0 Å². The van der Waals surface area contributed by atoms with E-state index in [-0.39, 0.29) is 18.1 Å². The highest BCUT2D eigenvalue weighted by atomic mass is 79.9. The van der Waals surface area contributed by atoms with Crippen LogP contribution in [-0.2, 0) is 16.0 Å². The van der Waals surface area contributed by atoms with E-state index in [1.54, 1.807) is 7.11 Å². The lowest BCUT2D eigenvalue weighted by Gasteiger charge is -2.36. The summed E-state index contributed by atoms with van der Waals surface area (Å²) in [7, 11) is 1.63. The summed E-state index contributed by atoms with van der Waals surface area (Å²) >= 11 is 3.42. The normalized spacial score (nSPS) is 22.6. The molecule has 0 radical (unpaired) electrons. The smallest absolute Gasteiger partial charge is 0.227 e. The van der Waals surface area contributed by atoms with Crippen LogP contribution >= 0.6 is 15.9 Å². The number of halogens is 1. The quantitative estimate of drug-likeness (QED) is 0.788. The van der Waals surface area contributed by atoms with E-state index in [0.29, 0.717) is 19.5 Å². The highest BCUT2D eigenvalue weighted by Crippen LogP contribution is 2.16. The first kappa shape index (κ1) is 15.3. The van der Waals surface area contributed by atoms with Crippen molar-refractivity contribution in [2.45, 2.75) is 25.6 Å². The number of carbonyl (C=O) groups excluding carboxylic acids is 1. The van der Waals surface area contributed by atoms with E-state index in [2.05, 4.69) is 15.9 Å². The Kier molecular flexibility index (Phi) is 5.43. The van der Waals surface area contributed by atoms with Gasteiger partial charge in [0, 0.05) is 18.4 Å². The number of hydrogen-bond acceptors (Lipinski definition) is 3. The number of amides is 1. The van der Waals surface area contributed by atoms with Gasteiger partial charge in [-0.3, -0.25) is 4.79 Å². The van der Waals surface area contributed by atoms with Crippen molar-refractivity contribution in [2.24, 2.45) is 0 Å². The summed E-state index contributed by atoms with van der Waals surface area (Å²) in [6, 6.07) is 7.63. The predicted molar refractivity (Wildman–Crippen MR) is 81.4 cm³/mol. The minimum absolute atomic E-state index is 0.0820. The van der Waals surface area contributed by atoms with Gasteiger partial charge in [-0.05, 0) is 24.6 Å². The van der Waals surface area contributed by atoms with Crippen molar-refractivity contribution < 1.29 is 14.3 Å². The number of morpholine rings is 1. The van der Waals surface area contributed by atoms with Gasteiger partial charge in [-0.15, -0.1) is 0 Å². The number of rotatable bonds is 4. The average molecular weight is 342 g/mol. The van der Waals surface area contributed by atoms with Crippen LogP contribution in [0.3, 0.4) is 0 Å². The SMILES string of the molecule is COc1ccc(CC(=O)N2CC(C)OC(CBr)C2)cc1. The molecule has 110 valence electrons. The summed E-state index contributed by atoms with van der Waals surface area (Å²) in [5, 5.41) is 0.754. The molecule has 1 amide bonds. The molecule has 2 unspecified atom stereocenters. The van der Waals surface area contributed by atoms with Crippen molar-refractivity contribution in [1.82, 2.24) is 4.90 Å². The Hall–Kier alpha value is -1.07. The Morgan fingerprint density at radius 3 is 2.70 bits per heavy atom. The summed E-state index contributed by atoms with van der Waals surface area (Å²) in [6.07, 6.45) is 0.593. The van der Waals surface area contributed by atoms with Crippen molar-refractivity contribution in [3.63, 3.8) is 0 Å². The Balaban J connectivity index is 1.96. The largest absolute Gasteiger partial charge is 0.497 e. The summed E-state index contributed by atoms with van der Waals surface area (Å²) < 4.78 is 10.9. The molecule has 0 spiro atoms. The fraction of sp³-hybridized carbons (Fsp3) is 0.533. The summed E-state index contributed by atoms with van der Waals surface area (Å²) in [6.45, 7) is 3.32. The molecule has 1 saturated heterocycles. The lowest BCUT2D eigenvalue weighted by Crippen LogP contribution is -2.50. The maximum atomic E-state index is 12.4. The Bertz CT molecular complexity index is 449. The standard InChI is InChI=1S/C15H20BrNO3/c1-11-9-17(10-14(8-16)20-11)15(18)7-12-3-5-13(19-2)6-4-12/h3-6,11,14H,7-10H2,1-2H3.